The van der Waals surface area contributed by atoms with E-state index in [9.17, 15) is 0 Å². The molecule has 0 unspecified atom stereocenters. The van der Waals surface area contributed by atoms with E-state index in [1.165, 1.54) is 91.6 Å². The second-order valence-corrected chi connectivity index (χ2v) is 15.8. The lowest BCUT2D eigenvalue weighted by molar-refractivity contribution is 0.668. The molecule has 3 heterocycles. The van der Waals surface area contributed by atoms with Crippen molar-refractivity contribution in [1.82, 2.24) is 4.57 Å². The lowest BCUT2D eigenvalue weighted by Crippen LogP contribution is -2.36. The number of hydrogen-bond acceptors (Lipinski definition) is 2. The zero-order valence-corrected chi connectivity index (χ0v) is 29.8. The van der Waals surface area contributed by atoms with Crippen LogP contribution in [0.1, 0.15) is 22.3 Å². The first kappa shape index (κ1) is 29.9. The zero-order chi connectivity index (χ0) is 34.2. The third-order valence-electron chi connectivity index (χ3n) is 10.9. The highest BCUT2D eigenvalue weighted by Gasteiger charge is 2.49. The van der Waals surface area contributed by atoms with E-state index in [4.69, 9.17) is 0 Å². The van der Waals surface area contributed by atoms with Crippen LogP contribution in [-0.4, -0.2) is 4.57 Å². The molecule has 1 nitrogen and oxygen atoms in total. The summed E-state index contributed by atoms with van der Waals surface area (Å²) in [6, 6.07) is 69.8. The second-order valence-electron chi connectivity index (χ2n) is 13.7. The normalized spacial score (nSPS) is 13.8. The van der Waals surface area contributed by atoms with Crippen LogP contribution in [0.3, 0.4) is 0 Å². The SMILES string of the molecule is c1ccc(-c2ccc3c(c2)C2(c4ccccc4Sc4ccccc42)c2cc(-c4ccc5c6ccccc6n(-c6ccccc6)c5c4)ccc2S3)cc1. The van der Waals surface area contributed by atoms with Crippen molar-refractivity contribution >= 4 is 45.3 Å². The maximum absolute atomic E-state index is 2.50. The maximum Gasteiger partial charge on any atom is 0.0745 e. The Labute approximate surface area is 311 Å². The minimum atomic E-state index is -0.488. The molecule has 0 saturated heterocycles. The van der Waals surface area contributed by atoms with Crippen LogP contribution >= 0.6 is 23.5 Å². The Morgan fingerprint density at radius 2 is 0.808 bits per heavy atom. The lowest BCUT2D eigenvalue weighted by Gasteiger charge is -2.46. The van der Waals surface area contributed by atoms with Crippen molar-refractivity contribution in [1.29, 1.82) is 0 Å². The van der Waals surface area contributed by atoms with Crippen molar-refractivity contribution in [3.63, 3.8) is 0 Å². The van der Waals surface area contributed by atoms with Crippen molar-refractivity contribution in [3.05, 3.63) is 210 Å². The van der Waals surface area contributed by atoms with E-state index in [2.05, 4.69) is 193 Å². The molecule has 244 valence electrons. The van der Waals surface area contributed by atoms with E-state index in [1.807, 2.05) is 23.5 Å². The van der Waals surface area contributed by atoms with E-state index < -0.39 is 5.41 Å². The number of para-hydroxylation sites is 2. The smallest absolute Gasteiger partial charge is 0.0745 e. The molecule has 0 saturated carbocycles. The van der Waals surface area contributed by atoms with Crippen molar-refractivity contribution in [3.8, 4) is 27.9 Å². The number of nitrogens with zero attached hydrogens (tertiary/aromatic N) is 1. The van der Waals surface area contributed by atoms with E-state index >= 15 is 0 Å². The minimum Gasteiger partial charge on any atom is -0.309 e. The van der Waals surface area contributed by atoms with Crippen LogP contribution in [0.2, 0.25) is 0 Å². The topological polar surface area (TPSA) is 4.93 Å². The number of hydrogen-bond donors (Lipinski definition) is 0. The molecule has 1 aromatic heterocycles. The van der Waals surface area contributed by atoms with Gasteiger partial charge in [0.25, 0.3) is 0 Å². The van der Waals surface area contributed by atoms with Gasteiger partial charge in [-0.3, -0.25) is 0 Å². The Kier molecular flexibility index (Phi) is 6.70. The van der Waals surface area contributed by atoms with Gasteiger partial charge in [-0.15, -0.1) is 0 Å². The van der Waals surface area contributed by atoms with Gasteiger partial charge >= 0.3 is 0 Å². The van der Waals surface area contributed by atoms with Gasteiger partial charge in [-0.25, -0.2) is 0 Å². The summed E-state index contributed by atoms with van der Waals surface area (Å²) in [6.07, 6.45) is 0. The Balaban J connectivity index is 1.19. The third kappa shape index (κ3) is 4.33. The number of aromatic nitrogens is 1. The van der Waals surface area contributed by atoms with Gasteiger partial charge in [0.15, 0.2) is 0 Å². The van der Waals surface area contributed by atoms with Crippen LogP contribution in [0.4, 0.5) is 0 Å². The first-order valence-corrected chi connectivity index (χ1v) is 19.4. The van der Waals surface area contributed by atoms with Crippen LogP contribution in [0.25, 0.3) is 49.7 Å². The van der Waals surface area contributed by atoms with Crippen LogP contribution in [0.15, 0.2) is 208 Å². The largest absolute Gasteiger partial charge is 0.309 e. The van der Waals surface area contributed by atoms with Crippen LogP contribution in [0, 0.1) is 0 Å². The van der Waals surface area contributed by atoms with Crippen molar-refractivity contribution < 1.29 is 0 Å². The first-order chi connectivity index (χ1) is 25.8. The van der Waals surface area contributed by atoms with E-state index in [-0.39, 0.29) is 0 Å². The summed E-state index contributed by atoms with van der Waals surface area (Å²) >= 11 is 3.80. The number of fused-ring (bicyclic) bond motifs is 11. The Hall–Kier alpha value is -5.74. The highest BCUT2D eigenvalue weighted by Crippen LogP contribution is 2.62. The van der Waals surface area contributed by atoms with Gasteiger partial charge in [0.1, 0.15) is 0 Å². The molecule has 3 heteroatoms. The molecule has 52 heavy (non-hydrogen) atoms. The van der Waals surface area contributed by atoms with Gasteiger partial charge in [0.05, 0.1) is 16.4 Å². The molecule has 0 amide bonds. The average molecular weight is 698 g/mol. The summed E-state index contributed by atoms with van der Waals surface area (Å²) in [5.41, 5.74) is 13.4. The van der Waals surface area contributed by atoms with Gasteiger partial charge < -0.3 is 4.57 Å². The van der Waals surface area contributed by atoms with Gasteiger partial charge in [-0.2, -0.15) is 0 Å². The molecule has 0 bridgehead atoms. The lowest BCUT2D eigenvalue weighted by atomic mass is 9.64. The summed E-state index contributed by atoms with van der Waals surface area (Å²) in [5.74, 6) is 0. The quantitative estimate of drug-likeness (QED) is 0.181. The van der Waals surface area contributed by atoms with Gasteiger partial charge in [0.2, 0.25) is 0 Å². The fourth-order valence-electron chi connectivity index (χ4n) is 8.66. The second kappa shape index (κ2) is 11.6. The van der Waals surface area contributed by atoms with E-state index in [0.29, 0.717) is 0 Å². The summed E-state index contributed by atoms with van der Waals surface area (Å²) in [5, 5.41) is 2.54. The van der Waals surface area contributed by atoms with Gasteiger partial charge in [0, 0.05) is 36.0 Å². The molecule has 11 rings (SSSR count). The molecular formula is C49H31NS2. The molecule has 0 fully saturated rings. The van der Waals surface area contributed by atoms with Crippen LogP contribution in [-0.2, 0) is 5.41 Å². The maximum atomic E-state index is 2.50. The zero-order valence-electron chi connectivity index (χ0n) is 28.2. The average Bonchev–Trinajstić information content (AvgIpc) is 3.55. The predicted molar refractivity (Wildman–Crippen MR) is 218 cm³/mol. The summed E-state index contributed by atoms with van der Waals surface area (Å²) in [4.78, 5) is 5.24. The highest BCUT2D eigenvalue weighted by atomic mass is 32.2. The molecule has 2 aliphatic heterocycles. The van der Waals surface area contributed by atoms with E-state index in [1.54, 1.807) is 0 Å². The Morgan fingerprint density at radius 1 is 0.327 bits per heavy atom. The third-order valence-corrected chi connectivity index (χ3v) is 13.2. The fraction of sp³-hybridized carbons (Fsp3) is 0.0204. The highest BCUT2D eigenvalue weighted by molar-refractivity contribution is 8.00. The van der Waals surface area contributed by atoms with Gasteiger partial charge in [-0.1, -0.05) is 151 Å². The molecule has 2 aliphatic rings. The minimum absolute atomic E-state index is 0.488. The van der Waals surface area contributed by atoms with Crippen LogP contribution < -0.4 is 0 Å². The monoisotopic (exact) mass is 697 g/mol. The summed E-state index contributed by atoms with van der Waals surface area (Å²) in [6.45, 7) is 0. The van der Waals surface area contributed by atoms with Crippen LogP contribution in [0.5, 0.6) is 0 Å². The summed E-state index contributed by atoms with van der Waals surface area (Å²) in [7, 11) is 0. The molecule has 0 radical (unpaired) electrons. The molecule has 8 aromatic carbocycles. The molecule has 0 aliphatic carbocycles. The van der Waals surface area contributed by atoms with Crippen molar-refractivity contribution in [2.24, 2.45) is 0 Å². The summed E-state index contributed by atoms with van der Waals surface area (Å²) < 4.78 is 2.41. The number of benzene rings is 8. The Bertz CT molecular complexity index is 2810. The van der Waals surface area contributed by atoms with Gasteiger partial charge in [-0.05, 0) is 105 Å². The molecule has 1 spiro atoms. The molecule has 0 N–H and O–H groups in total. The fourth-order valence-corrected chi connectivity index (χ4v) is 11.0. The van der Waals surface area contributed by atoms with E-state index in [0.717, 1.165) is 0 Å². The first-order valence-electron chi connectivity index (χ1n) is 17.8. The van der Waals surface area contributed by atoms with Crippen molar-refractivity contribution in [2.75, 3.05) is 0 Å². The van der Waals surface area contributed by atoms with Crippen molar-refractivity contribution in [2.45, 2.75) is 25.0 Å². The standard InChI is InChI=1S/C49H31NS2/c1-3-13-32(14-4-1)33-24-27-47-41(29-33)49(39-18-8-11-21-45(39)51-46-22-12-9-19-40(46)49)42-30-34(25-28-48(42)52-47)35-23-26-38-37-17-7-10-20-43(37)50(44(38)31-35)36-15-5-2-6-16-36/h1-31H. The molecule has 0 atom stereocenters. The Morgan fingerprint density at radius 3 is 1.48 bits per heavy atom. The molecule has 9 aromatic rings. The molecular weight excluding hydrogens is 667 g/mol. The predicted octanol–water partition coefficient (Wildman–Crippen LogP) is 13.4. The number of rotatable bonds is 3.